The second-order valence-electron chi connectivity index (χ2n) is 6.16. The second-order valence-corrected chi connectivity index (χ2v) is 7.28. The Morgan fingerprint density at radius 1 is 1.25 bits per heavy atom. The average molecular weight is 323 g/mol. The van der Waals surface area contributed by atoms with E-state index in [0.717, 1.165) is 25.9 Å². The van der Waals surface area contributed by atoms with Gasteiger partial charge in [-0.2, -0.15) is 0 Å². The first kappa shape index (κ1) is 16.3. The summed E-state index contributed by atoms with van der Waals surface area (Å²) in [6, 6.07) is -0.0653. The van der Waals surface area contributed by atoms with Gasteiger partial charge in [0.2, 0.25) is 5.91 Å². The molecule has 1 heterocycles. The van der Waals surface area contributed by atoms with E-state index in [4.69, 9.17) is 28.9 Å². The molecule has 4 unspecified atom stereocenters. The van der Waals surface area contributed by atoms with Crippen molar-refractivity contribution >= 4 is 29.1 Å². The first-order chi connectivity index (χ1) is 9.40. The van der Waals surface area contributed by atoms with E-state index in [-0.39, 0.29) is 28.6 Å². The number of hydrogen-bond donors (Lipinski definition) is 2. The number of rotatable bonds is 2. The molecule has 1 aliphatic heterocycles. The molecule has 0 spiro atoms. The Bertz CT molecular complexity index is 348. The van der Waals surface area contributed by atoms with E-state index in [2.05, 4.69) is 0 Å². The number of nitrogens with two attached hydrogens (primary N) is 1. The number of nitrogens with zero attached hydrogens (tertiary/aromatic N) is 1. The van der Waals surface area contributed by atoms with Gasteiger partial charge in [0, 0.05) is 32.0 Å². The molecule has 1 aliphatic carbocycles. The number of carbonyl (C=O) groups excluding carboxylic acids is 1. The second kappa shape index (κ2) is 6.82. The quantitative estimate of drug-likeness (QED) is 0.758. The van der Waals surface area contributed by atoms with Crippen LogP contribution in [0.1, 0.15) is 32.6 Å². The van der Waals surface area contributed by atoms with E-state index in [9.17, 15) is 9.90 Å². The number of amides is 1. The van der Waals surface area contributed by atoms with Gasteiger partial charge in [-0.15, -0.1) is 23.2 Å². The summed E-state index contributed by atoms with van der Waals surface area (Å²) in [6.07, 6.45) is 2.53. The van der Waals surface area contributed by atoms with E-state index in [0.29, 0.717) is 18.8 Å². The maximum absolute atomic E-state index is 11.3. The van der Waals surface area contributed by atoms with Gasteiger partial charge in [0.25, 0.3) is 0 Å². The molecular weight excluding hydrogens is 299 g/mol. The summed E-state index contributed by atoms with van der Waals surface area (Å²) >= 11 is 12.3. The lowest BCUT2D eigenvalue weighted by atomic mass is 9.74. The van der Waals surface area contributed by atoms with Crippen molar-refractivity contribution in [2.24, 2.45) is 17.6 Å². The van der Waals surface area contributed by atoms with Gasteiger partial charge in [-0.1, -0.05) is 0 Å². The van der Waals surface area contributed by atoms with Gasteiger partial charge in [0.15, 0.2) is 0 Å². The van der Waals surface area contributed by atoms with Crippen LogP contribution in [0.3, 0.4) is 0 Å². The van der Waals surface area contributed by atoms with Gasteiger partial charge >= 0.3 is 0 Å². The van der Waals surface area contributed by atoms with Crippen molar-refractivity contribution < 1.29 is 9.90 Å². The largest absolute Gasteiger partial charge is 0.393 e. The number of carbonyl (C=O) groups is 1. The van der Waals surface area contributed by atoms with Gasteiger partial charge in [-0.25, -0.2) is 0 Å². The molecule has 3 N–H and O–H groups in total. The van der Waals surface area contributed by atoms with Crippen LogP contribution >= 0.6 is 23.2 Å². The van der Waals surface area contributed by atoms with E-state index in [1.54, 1.807) is 6.92 Å². The van der Waals surface area contributed by atoms with E-state index in [1.807, 2.05) is 4.90 Å². The molecule has 0 aromatic heterocycles. The van der Waals surface area contributed by atoms with Crippen molar-refractivity contribution in [1.29, 1.82) is 0 Å². The zero-order valence-electron chi connectivity index (χ0n) is 11.8. The van der Waals surface area contributed by atoms with Crippen molar-refractivity contribution in [3.63, 3.8) is 0 Å². The number of hydrogen-bond acceptors (Lipinski definition) is 3. The Kier molecular flexibility index (Phi) is 5.57. The van der Waals surface area contributed by atoms with Gasteiger partial charge in [0.05, 0.1) is 16.9 Å². The maximum atomic E-state index is 11.3. The SMILES string of the molecule is CC(=O)N1CCC([C@H](N)C2CC(Cl)C(Cl)CC2O)CC1. The summed E-state index contributed by atoms with van der Waals surface area (Å²) in [4.78, 5) is 13.2. The van der Waals surface area contributed by atoms with Crippen LogP contribution in [0.2, 0.25) is 0 Å². The average Bonchev–Trinajstić information content (AvgIpc) is 2.42. The van der Waals surface area contributed by atoms with Crippen molar-refractivity contribution in [3.05, 3.63) is 0 Å². The molecule has 0 radical (unpaired) electrons. The Morgan fingerprint density at radius 3 is 2.35 bits per heavy atom. The molecule has 1 saturated heterocycles. The normalized spacial score (nSPS) is 37.8. The molecular formula is C14H24Cl2N2O2. The van der Waals surface area contributed by atoms with E-state index < -0.39 is 6.10 Å². The lowest BCUT2D eigenvalue weighted by Crippen LogP contribution is -2.51. The van der Waals surface area contributed by atoms with E-state index in [1.165, 1.54) is 0 Å². The van der Waals surface area contributed by atoms with Crippen LogP contribution in [-0.2, 0) is 4.79 Å². The molecule has 0 aromatic carbocycles. The minimum Gasteiger partial charge on any atom is -0.393 e. The fourth-order valence-electron chi connectivity index (χ4n) is 3.48. The van der Waals surface area contributed by atoms with Gasteiger partial charge in [-0.05, 0) is 31.6 Å². The molecule has 116 valence electrons. The number of piperidine rings is 1. The Morgan fingerprint density at radius 2 is 1.80 bits per heavy atom. The lowest BCUT2D eigenvalue weighted by molar-refractivity contribution is -0.130. The third-order valence-electron chi connectivity index (χ3n) is 4.87. The highest BCUT2D eigenvalue weighted by Crippen LogP contribution is 2.36. The van der Waals surface area contributed by atoms with E-state index >= 15 is 0 Å². The Labute approximate surface area is 130 Å². The summed E-state index contributed by atoms with van der Waals surface area (Å²) in [6.45, 7) is 3.13. The van der Waals surface area contributed by atoms with Crippen molar-refractivity contribution in [2.45, 2.75) is 55.5 Å². The van der Waals surface area contributed by atoms with Crippen molar-refractivity contribution in [3.8, 4) is 0 Å². The van der Waals surface area contributed by atoms with Crippen LogP contribution in [0, 0.1) is 11.8 Å². The molecule has 2 fully saturated rings. The third kappa shape index (κ3) is 3.59. The first-order valence-corrected chi connectivity index (χ1v) is 8.24. The number of aliphatic hydroxyl groups excluding tert-OH is 1. The monoisotopic (exact) mass is 322 g/mol. The highest BCUT2D eigenvalue weighted by Gasteiger charge is 2.40. The molecule has 6 heteroatoms. The Hall–Kier alpha value is -0.0300. The first-order valence-electron chi connectivity index (χ1n) is 7.37. The van der Waals surface area contributed by atoms with Gasteiger partial charge < -0.3 is 15.7 Å². The zero-order chi connectivity index (χ0) is 14.9. The molecule has 2 aliphatic rings. The molecule has 0 bridgehead atoms. The molecule has 20 heavy (non-hydrogen) atoms. The molecule has 5 atom stereocenters. The maximum Gasteiger partial charge on any atom is 0.219 e. The molecule has 2 rings (SSSR count). The standard InChI is InChI=1S/C14H24Cl2N2O2/c1-8(19)18-4-2-9(3-5-18)14(17)10-6-11(15)12(16)7-13(10)20/h9-14,20H,2-7,17H2,1H3/t10?,11?,12?,13?,14-/m0/s1. The Balaban J connectivity index is 1.91. The molecule has 1 saturated carbocycles. The minimum absolute atomic E-state index is 0.0152. The zero-order valence-corrected chi connectivity index (χ0v) is 13.4. The molecule has 1 amide bonds. The number of likely N-dealkylation sites (tertiary alicyclic amines) is 1. The predicted molar refractivity (Wildman–Crippen MR) is 81.0 cm³/mol. The summed E-state index contributed by atoms with van der Waals surface area (Å²) < 4.78 is 0. The fraction of sp³-hybridized carbons (Fsp3) is 0.929. The number of alkyl halides is 2. The predicted octanol–water partition coefficient (Wildman–Crippen LogP) is 1.56. The fourth-order valence-corrected chi connectivity index (χ4v) is 4.07. The molecule has 0 aromatic rings. The van der Waals surface area contributed by atoms with Crippen molar-refractivity contribution in [1.82, 2.24) is 4.90 Å². The summed E-state index contributed by atoms with van der Waals surface area (Å²) in [5, 5.41) is 9.92. The van der Waals surface area contributed by atoms with Gasteiger partial charge in [-0.3, -0.25) is 4.79 Å². The molecule has 4 nitrogen and oxygen atoms in total. The van der Waals surface area contributed by atoms with Crippen molar-refractivity contribution in [2.75, 3.05) is 13.1 Å². The highest BCUT2D eigenvalue weighted by atomic mass is 35.5. The van der Waals surface area contributed by atoms with Crippen LogP contribution in [0.15, 0.2) is 0 Å². The topological polar surface area (TPSA) is 66.6 Å². The van der Waals surface area contributed by atoms with Crippen LogP contribution in [0.4, 0.5) is 0 Å². The smallest absolute Gasteiger partial charge is 0.219 e. The van der Waals surface area contributed by atoms with Crippen LogP contribution in [0.5, 0.6) is 0 Å². The summed E-state index contributed by atoms with van der Waals surface area (Å²) in [5.41, 5.74) is 6.38. The minimum atomic E-state index is -0.465. The number of aliphatic hydroxyl groups is 1. The van der Waals surface area contributed by atoms with Crippen LogP contribution in [0.25, 0.3) is 0 Å². The van der Waals surface area contributed by atoms with Crippen LogP contribution in [-0.4, -0.2) is 51.9 Å². The van der Waals surface area contributed by atoms with Gasteiger partial charge in [0.1, 0.15) is 0 Å². The summed E-state index contributed by atoms with van der Waals surface area (Å²) in [7, 11) is 0. The third-order valence-corrected chi connectivity index (χ3v) is 5.97. The highest BCUT2D eigenvalue weighted by molar-refractivity contribution is 6.30. The number of halogens is 2. The summed E-state index contributed by atoms with van der Waals surface area (Å²) in [5.74, 6) is 0.489. The lowest BCUT2D eigenvalue weighted by Gasteiger charge is -2.42. The van der Waals surface area contributed by atoms with Crippen LogP contribution < -0.4 is 5.73 Å².